The lowest BCUT2D eigenvalue weighted by Gasteiger charge is -2.44. The molecule has 17 heavy (non-hydrogen) atoms. The molecule has 1 spiro atoms. The van der Waals surface area contributed by atoms with E-state index in [1.54, 1.807) is 12.1 Å². The highest BCUT2D eigenvalue weighted by Crippen LogP contribution is 2.39. The van der Waals surface area contributed by atoms with Crippen LogP contribution in [0, 0.1) is 5.82 Å². The highest BCUT2D eigenvalue weighted by atomic mass is 19.1. The minimum absolute atomic E-state index is 0.287. The summed E-state index contributed by atoms with van der Waals surface area (Å²) in [4.78, 5) is 0. The number of piperidine rings is 1. The predicted octanol–water partition coefficient (Wildman–Crippen LogP) is 1.24. The molecular weight excluding hydrogens is 221 g/mol. The molecule has 3 nitrogen and oxygen atoms in total. The molecule has 1 unspecified atom stereocenters. The minimum atomic E-state index is -0.617. The average molecular weight is 237 g/mol. The topological polar surface area (TPSA) is 41.5 Å². The molecule has 1 saturated heterocycles. The quantitative estimate of drug-likeness (QED) is 0.713. The van der Waals surface area contributed by atoms with Crippen LogP contribution in [0.3, 0.4) is 0 Å². The number of nitrogens with one attached hydrogen (secondary N) is 1. The maximum absolute atomic E-state index is 13.6. The molecule has 1 aromatic rings. The average Bonchev–Trinajstić information content (AvgIpc) is 2.33. The Bertz CT molecular complexity index is 429. The first kappa shape index (κ1) is 11.0. The van der Waals surface area contributed by atoms with Crippen LogP contribution in [0.25, 0.3) is 0 Å². The SMILES string of the molecule is OC1Cc2c(F)cccc2OC12CCNCC2. The van der Waals surface area contributed by atoms with Crippen LogP contribution in [0.1, 0.15) is 18.4 Å². The first-order valence-electron chi connectivity index (χ1n) is 6.06. The Morgan fingerprint density at radius 1 is 1.35 bits per heavy atom. The summed E-state index contributed by atoms with van der Waals surface area (Å²) < 4.78 is 19.5. The molecule has 0 amide bonds. The van der Waals surface area contributed by atoms with Gasteiger partial charge in [0, 0.05) is 24.8 Å². The number of aliphatic hydroxyl groups excluding tert-OH is 1. The van der Waals surface area contributed by atoms with Gasteiger partial charge in [-0.15, -0.1) is 0 Å². The fourth-order valence-electron chi connectivity index (χ4n) is 2.78. The van der Waals surface area contributed by atoms with Crippen LogP contribution in [-0.4, -0.2) is 29.9 Å². The van der Waals surface area contributed by atoms with Gasteiger partial charge in [-0.25, -0.2) is 4.39 Å². The van der Waals surface area contributed by atoms with Crippen molar-refractivity contribution in [1.82, 2.24) is 5.32 Å². The Balaban J connectivity index is 1.97. The summed E-state index contributed by atoms with van der Waals surface area (Å²) in [7, 11) is 0. The summed E-state index contributed by atoms with van der Waals surface area (Å²) in [6.45, 7) is 1.67. The Morgan fingerprint density at radius 3 is 2.88 bits per heavy atom. The molecule has 0 radical (unpaired) electrons. The lowest BCUT2D eigenvalue weighted by molar-refractivity contribution is -0.0849. The second kappa shape index (κ2) is 3.96. The van der Waals surface area contributed by atoms with Gasteiger partial charge in [0.1, 0.15) is 17.2 Å². The molecule has 0 aliphatic carbocycles. The van der Waals surface area contributed by atoms with Gasteiger partial charge in [-0.2, -0.15) is 0 Å². The summed E-state index contributed by atoms with van der Waals surface area (Å²) in [6.07, 6.45) is 1.27. The summed E-state index contributed by atoms with van der Waals surface area (Å²) in [6, 6.07) is 4.85. The summed E-state index contributed by atoms with van der Waals surface area (Å²) >= 11 is 0. The van der Waals surface area contributed by atoms with E-state index in [9.17, 15) is 9.50 Å². The van der Waals surface area contributed by atoms with E-state index in [0.717, 1.165) is 25.9 Å². The highest BCUT2D eigenvalue weighted by molar-refractivity contribution is 5.38. The van der Waals surface area contributed by atoms with Crippen LogP contribution in [0.15, 0.2) is 18.2 Å². The van der Waals surface area contributed by atoms with Crippen molar-refractivity contribution >= 4 is 0 Å². The molecule has 92 valence electrons. The van der Waals surface area contributed by atoms with Crippen LogP contribution in [-0.2, 0) is 6.42 Å². The lowest BCUT2D eigenvalue weighted by Crippen LogP contribution is -2.57. The Morgan fingerprint density at radius 2 is 2.12 bits per heavy atom. The maximum atomic E-state index is 13.6. The molecule has 1 aromatic carbocycles. The Labute approximate surface area is 99.6 Å². The summed E-state index contributed by atoms with van der Waals surface area (Å²) in [5.74, 6) is 0.308. The molecule has 2 aliphatic rings. The van der Waals surface area contributed by atoms with Crippen LogP contribution < -0.4 is 10.1 Å². The second-order valence-corrected chi connectivity index (χ2v) is 4.85. The first-order chi connectivity index (χ1) is 8.21. The zero-order chi connectivity index (χ0) is 11.9. The summed E-state index contributed by atoms with van der Waals surface area (Å²) in [5.41, 5.74) is -0.0179. The molecule has 2 N–H and O–H groups in total. The third kappa shape index (κ3) is 1.72. The van der Waals surface area contributed by atoms with Crippen LogP contribution in [0.5, 0.6) is 5.75 Å². The first-order valence-corrected chi connectivity index (χ1v) is 6.06. The van der Waals surface area contributed by atoms with Crippen molar-refractivity contribution in [3.8, 4) is 5.75 Å². The van der Waals surface area contributed by atoms with Crippen molar-refractivity contribution in [2.45, 2.75) is 31.0 Å². The van der Waals surface area contributed by atoms with Crippen LogP contribution >= 0.6 is 0 Å². The fourth-order valence-corrected chi connectivity index (χ4v) is 2.78. The smallest absolute Gasteiger partial charge is 0.137 e. The van der Waals surface area contributed by atoms with Crippen molar-refractivity contribution in [3.63, 3.8) is 0 Å². The van der Waals surface area contributed by atoms with E-state index in [1.165, 1.54) is 6.07 Å². The molecule has 1 atom stereocenters. The molecule has 4 heteroatoms. The van der Waals surface area contributed by atoms with Crippen LogP contribution in [0.4, 0.5) is 4.39 Å². The Hall–Kier alpha value is -1.13. The van der Waals surface area contributed by atoms with E-state index in [1.807, 2.05) is 0 Å². The second-order valence-electron chi connectivity index (χ2n) is 4.85. The van der Waals surface area contributed by atoms with Crippen molar-refractivity contribution in [2.24, 2.45) is 0 Å². The number of hydrogen-bond donors (Lipinski definition) is 2. The largest absolute Gasteiger partial charge is 0.484 e. The number of ether oxygens (including phenoxy) is 1. The van der Waals surface area contributed by atoms with Crippen LogP contribution in [0.2, 0.25) is 0 Å². The monoisotopic (exact) mass is 237 g/mol. The van der Waals surface area contributed by atoms with Gasteiger partial charge in [0.25, 0.3) is 0 Å². The molecular formula is C13H16FNO2. The number of benzene rings is 1. The molecule has 0 bridgehead atoms. The Kier molecular flexibility index (Phi) is 2.56. The third-order valence-corrected chi connectivity index (χ3v) is 3.84. The zero-order valence-corrected chi connectivity index (χ0v) is 9.58. The standard InChI is InChI=1S/C13H16FNO2/c14-10-2-1-3-11-9(10)8-12(16)13(17-11)4-6-15-7-5-13/h1-3,12,15-16H,4-8H2. The van der Waals surface area contributed by atoms with Gasteiger partial charge in [0.05, 0.1) is 6.10 Å². The molecule has 2 aliphatic heterocycles. The molecule has 3 rings (SSSR count). The van der Waals surface area contributed by atoms with Gasteiger partial charge in [0.2, 0.25) is 0 Å². The van der Waals surface area contributed by atoms with Gasteiger partial charge in [0.15, 0.2) is 0 Å². The van der Waals surface area contributed by atoms with E-state index in [2.05, 4.69) is 5.32 Å². The minimum Gasteiger partial charge on any atom is -0.484 e. The van der Waals surface area contributed by atoms with E-state index in [4.69, 9.17) is 4.74 Å². The van der Waals surface area contributed by atoms with Crippen molar-refractivity contribution in [2.75, 3.05) is 13.1 Å². The molecule has 0 aromatic heterocycles. The van der Waals surface area contributed by atoms with Gasteiger partial charge in [-0.05, 0) is 25.2 Å². The van der Waals surface area contributed by atoms with Crippen molar-refractivity contribution in [3.05, 3.63) is 29.6 Å². The zero-order valence-electron chi connectivity index (χ0n) is 9.58. The van der Waals surface area contributed by atoms with Gasteiger partial charge >= 0.3 is 0 Å². The van der Waals surface area contributed by atoms with Crippen molar-refractivity contribution in [1.29, 1.82) is 0 Å². The number of aliphatic hydroxyl groups is 1. The summed E-state index contributed by atoms with van der Waals surface area (Å²) in [5, 5.41) is 13.5. The number of fused-ring (bicyclic) bond motifs is 1. The molecule has 0 saturated carbocycles. The number of halogens is 1. The fraction of sp³-hybridized carbons (Fsp3) is 0.538. The highest BCUT2D eigenvalue weighted by Gasteiger charge is 2.45. The lowest BCUT2D eigenvalue weighted by atomic mass is 9.81. The molecule has 2 heterocycles. The third-order valence-electron chi connectivity index (χ3n) is 3.84. The van der Waals surface area contributed by atoms with E-state index < -0.39 is 11.7 Å². The van der Waals surface area contributed by atoms with E-state index in [-0.39, 0.29) is 5.82 Å². The van der Waals surface area contributed by atoms with E-state index >= 15 is 0 Å². The normalized spacial score (nSPS) is 26.4. The number of hydrogen-bond acceptors (Lipinski definition) is 3. The van der Waals surface area contributed by atoms with Crippen molar-refractivity contribution < 1.29 is 14.2 Å². The molecule has 1 fully saturated rings. The van der Waals surface area contributed by atoms with Gasteiger partial charge in [-0.1, -0.05) is 6.07 Å². The number of rotatable bonds is 0. The predicted molar refractivity (Wildman–Crippen MR) is 61.6 cm³/mol. The van der Waals surface area contributed by atoms with E-state index in [0.29, 0.717) is 17.7 Å². The van der Waals surface area contributed by atoms with Gasteiger partial charge < -0.3 is 15.2 Å². The maximum Gasteiger partial charge on any atom is 0.137 e. The van der Waals surface area contributed by atoms with Gasteiger partial charge in [-0.3, -0.25) is 0 Å².